The van der Waals surface area contributed by atoms with Crippen molar-refractivity contribution in [1.29, 1.82) is 0 Å². The third-order valence-electron chi connectivity index (χ3n) is 5.06. The lowest BCUT2D eigenvalue weighted by Crippen LogP contribution is -2.42. The van der Waals surface area contributed by atoms with Crippen LogP contribution in [0.3, 0.4) is 0 Å². The third-order valence-corrected chi connectivity index (χ3v) is 5.06. The smallest absolute Gasteiger partial charge is 0.0236 e. The van der Waals surface area contributed by atoms with Gasteiger partial charge >= 0.3 is 0 Å². The molecule has 1 aliphatic rings. The summed E-state index contributed by atoms with van der Waals surface area (Å²) in [6, 6.07) is 10.4. The molecule has 0 bridgehead atoms. The fraction of sp³-hybridized carbons (Fsp3) is 0.714. The maximum absolute atomic E-state index is 6.09. The van der Waals surface area contributed by atoms with Crippen molar-refractivity contribution >= 4 is 0 Å². The molecule has 2 nitrogen and oxygen atoms in total. The summed E-state index contributed by atoms with van der Waals surface area (Å²) in [5.41, 5.74) is 9.18. The zero-order chi connectivity index (χ0) is 17.0. The number of hydrogen-bond donors (Lipinski definition) is 1. The number of benzene rings is 1. The number of rotatable bonds is 5. The van der Waals surface area contributed by atoms with Gasteiger partial charge in [-0.05, 0) is 48.1 Å². The van der Waals surface area contributed by atoms with E-state index >= 15 is 0 Å². The van der Waals surface area contributed by atoms with Crippen LogP contribution in [-0.2, 0) is 12.0 Å². The maximum Gasteiger partial charge on any atom is 0.0236 e. The Balaban J connectivity index is 2.05. The molecule has 2 heteroatoms. The highest BCUT2D eigenvalue weighted by Gasteiger charge is 2.25. The van der Waals surface area contributed by atoms with Crippen LogP contribution in [0, 0.1) is 5.92 Å². The zero-order valence-electron chi connectivity index (χ0n) is 15.8. The monoisotopic (exact) mass is 316 g/mol. The molecule has 0 saturated heterocycles. The van der Waals surface area contributed by atoms with Gasteiger partial charge in [-0.3, -0.25) is 4.90 Å². The summed E-state index contributed by atoms with van der Waals surface area (Å²) in [5, 5.41) is 0. The van der Waals surface area contributed by atoms with Crippen molar-refractivity contribution in [3.63, 3.8) is 0 Å². The Morgan fingerprint density at radius 2 is 1.61 bits per heavy atom. The molecule has 23 heavy (non-hydrogen) atoms. The van der Waals surface area contributed by atoms with Gasteiger partial charge in [0.15, 0.2) is 0 Å². The molecule has 0 amide bonds. The van der Waals surface area contributed by atoms with Gasteiger partial charge in [0.1, 0.15) is 0 Å². The van der Waals surface area contributed by atoms with Crippen molar-refractivity contribution < 1.29 is 0 Å². The molecule has 0 spiro atoms. The Morgan fingerprint density at radius 1 is 1.04 bits per heavy atom. The van der Waals surface area contributed by atoms with Gasteiger partial charge in [0, 0.05) is 25.2 Å². The fourth-order valence-electron chi connectivity index (χ4n) is 3.62. The molecule has 1 aromatic rings. The van der Waals surface area contributed by atoms with E-state index in [1.165, 1.54) is 43.4 Å². The minimum absolute atomic E-state index is 0.232. The molecule has 2 N–H and O–H groups in total. The maximum atomic E-state index is 6.09. The highest BCUT2D eigenvalue weighted by molar-refractivity contribution is 5.27. The summed E-state index contributed by atoms with van der Waals surface area (Å²) in [6.07, 6.45) is 4.88. The molecular formula is C21H36N2. The van der Waals surface area contributed by atoms with Gasteiger partial charge in [-0.2, -0.15) is 0 Å². The molecule has 0 radical (unpaired) electrons. The standard InChI is InChI=1S/C21H36N2/c1-16(2)14-23(20-12-10-19(22)11-13-20)15-17-6-8-18(9-7-17)21(3,4)5/h6-9,16,19-20H,10-15,22H2,1-5H3. The summed E-state index contributed by atoms with van der Waals surface area (Å²) in [4.78, 5) is 2.70. The molecule has 0 aromatic heterocycles. The molecule has 1 aliphatic carbocycles. The van der Waals surface area contributed by atoms with E-state index in [1.54, 1.807) is 0 Å². The van der Waals surface area contributed by atoms with E-state index in [0.29, 0.717) is 18.0 Å². The molecule has 0 aliphatic heterocycles. The van der Waals surface area contributed by atoms with E-state index in [9.17, 15) is 0 Å². The molecule has 1 aromatic carbocycles. The summed E-state index contributed by atoms with van der Waals surface area (Å²) in [7, 11) is 0. The third kappa shape index (κ3) is 5.61. The van der Waals surface area contributed by atoms with Crippen LogP contribution in [0.4, 0.5) is 0 Å². The Hall–Kier alpha value is -0.860. The Bertz CT molecular complexity index is 462. The molecule has 130 valence electrons. The summed E-state index contributed by atoms with van der Waals surface area (Å²) in [5.74, 6) is 0.708. The predicted molar refractivity (Wildman–Crippen MR) is 101 cm³/mol. The van der Waals surface area contributed by atoms with Crippen molar-refractivity contribution in [2.75, 3.05) is 6.54 Å². The van der Waals surface area contributed by atoms with Crippen LogP contribution in [0.1, 0.15) is 71.4 Å². The van der Waals surface area contributed by atoms with E-state index in [2.05, 4.69) is 63.8 Å². The Morgan fingerprint density at radius 3 is 2.09 bits per heavy atom. The van der Waals surface area contributed by atoms with Gasteiger partial charge in [0.05, 0.1) is 0 Å². The first kappa shape index (κ1) is 18.5. The second-order valence-corrected chi connectivity index (χ2v) is 8.84. The normalized spacial score (nSPS) is 22.8. The first-order valence-electron chi connectivity index (χ1n) is 9.34. The fourth-order valence-corrected chi connectivity index (χ4v) is 3.62. The summed E-state index contributed by atoms with van der Waals surface area (Å²) < 4.78 is 0. The first-order chi connectivity index (χ1) is 10.8. The lowest BCUT2D eigenvalue weighted by molar-refractivity contribution is 0.127. The first-order valence-corrected chi connectivity index (χ1v) is 9.34. The number of hydrogen-bond acceptors (Lipinski definition) is 2. The van der Waals surface area contributed by atoms with Gasteiger partial charge < -0.3 is 5.73 Å². The second kappa shape index (κ2) is 7.81. The van der Waals surface area contributed by atoms with Gasteiger partial charge in [0.2, 0.25) is 0 Å². The van der Waals surface area contributed by atoms with Gasteiger partial charge in [-0.25, -0.2) is 0 Å². The highest BCUT2D eigenvalue weighted by Crippen LogP contribution is 2.26. The molecule has 0 heterocycles. The van der Waals surface area contributed by atoms with Crippen LogP contribution in [0.15, 0.2) is 24.3 Å². The van der Waals surface area contributed by atoms with Crippen molar-refractivity contribution in [3.05, 3.63) is 35.4 Å². The minimum atomic E-state index is 0.232. The Labute approximate surface area is 143 Å². The molecule has 0 atom stereocenters. The molecule has 1 fully saturated rings. The summed E-state index contributed by atoms with van der Waals surface area (Å²) in [6.45, 7) is 13.7. The van der Waals surface area contributed by atoms with Crippen LogP contribution < -0.4 is 5.73 Å². The van der Waals surface area contributed by atoms with E-state index in [1.807, 2.05) is 0 Å². The van der Waals surface area contributed by atoms with E-state index in [0.717, 1.165) is 6.54 Å². The van der Waals surface area contributed by atoms with E-state index < -0.39 is 0 Å². The predicted octanol–water partition coefficient (Wildman–Crippen LogP) is 4.71. The average molecular weight is 317 g/mol. The van der Waals surface area contributed by atoms with Gasteiger partial charge in [-0.15, -0.1) is 0 Å². The van der Waals surface area contributed by atoms with Gasteiger partial charge in [-0.1, -0.05) is 58.9 Å². The van der Waals surface area contributed by atoms with Gasteiger partial charge in [0.25, 0.3) is 0 Å². The zero-order valence-corrected chi connectivity index (χ0v) is 15.8. The topological polar surface area (TPSA) is 29.3 Å². The van der Waals surface area contributed by atoms with Crippen molar-refractivity contribution in [3.8, 4) is 0 Å². The largest absolute Gasteiger partial charge is 0.328 e. The molecule has 1 saturated carbocycles. The Kier molecular flexibility index (Phi) is 6.27. The molecule has 2 rings (SSSR count). The van der Waals surface area contributed by atoms with Crippen LogP contribution in [0.2, 0.25) is 0 Å². The van der Waals surface area contributed by atoms with Crippen molar-refractivity contribution in [1.82, 2.24) is 4.90 Å². The van der Waals surface area contributed by atoms with Crippen LogP contribution in [0.5, 0.6) is 0 Å². The lowest BCUT2D eigenvalue weighted by Gasteiger charge is -2.37. The second-order valence-electron chi connectivity index (χ2n) is 8.84. The summed E-state index contributed by atoms with van der Waals surface area (Å²) >= 11 is 0. The highest BCUT2D eigenvalue weighted by atomic mass is 15.2. The van der Waals surface area contributed by atoms with Crippen LogP contribution in [-0.4, -0.2) is 23.5 Å². The number of nitrogens with zero attached hydrogens (tertiary/aromatic N) is 1. The number of nitrogens with two attached hydrogens (primary N) is 1. The van der Waals surface area contributed by atoms with E-state index in [4.69, 9.17) is 5.73 Å². The average Bonchev–Trinajstić information content (AvgIpc) is 2.46. The molecular weight excluding hydrogens is 280 g/mol. The minimum Gasteiger partial charge on any atom is -0.328 e. The lowest BCUT2D eigenvalue weighted by atomic mass is 9.86. The molecule has 0 unspecified atom stereocenters. The van der Waals surface area contributed by atoms with Crippen LogP contribution in [0.25, 0.3) is 0 Å². The van der Waals surface area contributed by atoms with Crippen molar-refractivity contribution in [2.45, 2.75) is 84.3 Å². The quantitative estimate of drug-likeness (QED) is 0.852. The SMILES string of the molecule is CC(C)CN(Cc1ccc(C(C)(C)C)cc1)C1CCC(N)CC1. The van der Waals surface area contributed by atoms with Crippen molar-refractivity contribution in [2.24, 2.45) is 11.7 Å². The van der Waals surface area contributed by atoms with Crippen LogP contribution >= 0.6 is 0 Å². The van der Waals surface area contributed by atoms with E-state index in [-0.39, 0.29) is 5.41 Å².